The number of H-pyrrole nitrogens is 1. The predicted molar refractivity (Wildman–Crippen MR) is 111 cm³/mol. The SMILES string of the molecule is CSc1ccccc1NC(=O)CN(C)C(=O)Cc1c(C)[nH]c2ccccc12. The lowest BCUT2D eigenvalue weighted by Gasteiger charge is -2.17. The molecule has 1 heterocycles. The van der Waals surface area contributed by atoms with Crippen molar-refractivity contribution < 1.29 is 9.59 Å². The summed E-state index contributed by atoms with van der Waals surface area (Å²) in [5, 5.41) is 3.94. The molecule has 0 bridgehead atoms. The van der Waals surface area contributed by atoms with E-state index in [4.69, 9.17) is 0 Å². The molecule has 0 aliphatic rings. The van der Waals surface area contributed by atoms with Gasteiger partial charge < -0.3 is 15.2 Å². The van der Waals surface area contributed by atoms with Crippen molar-refractivity contribution in [3.63, 3.8) is 0 Å². The number of fused-ring (bicyclic) bond motifs is 1. The van der Waals surface area contributed by atoms with Gasteiger partial charge in [0.05, 0.1) is 18.7 Å². The number of amides is 2. The highest BCUT2D eigenvalue weighted by Crippen LogP contribution is 2.25. The fourth-order valence-corrected chi connectivity index (χ4v) is 3.64. The number of para-hydroxylation sites is 2. The number of nitrogens with one attached hydrogen (secondary N) is 2. The first-order valence-electron chi connectivity index (χ1n) is 8.72. The van der Waals surface area contributed by atoms with E-state index in [9.17, 15) is 9.59 Å². The minimum absolute atomic E-state index is 0.0168. The van der Waals surface area contributed by atoms with E-state index in [2.05, 4.69) is 10.3 Å². The Bertz CT molecular complexity index is 980. The van der Waals surface area contributed by atoms with E-state index in [1.165, 1.54) is 4.90 Å². The Morgan fingerprint density at radius 2 is 1.81 bits per heavy atom. The average molecular weight is 382 g/mol. The highest BCUT2D eigenvalue weighted by atomic mass is 32.2. The number of benzene rings is 2. The van der Waals surface area contributed by atoms with Crippen molar-refractivity contribution >= 4 is 40.2 Å². The Labute approximate surface area is 163 Å². The van der Waals surface area contributed by atoms with Crippen molar-refractivity contribution in [1.82, 2.24) is 9.88 Å². The highest BCUT2D eigenvalue weighted by molar-refractivity contribution is 7.98. The third-order valence-electron chi connectivity index (χ3n) is 4.54. The molecule has 0 saturated heterocycles. The van der Waals surface area contributed by atoms with Crippen LogP contribution in [-0.4, -0.2) is 41.5 Å². The lowest BCUT2D eigenvalue weighted by molar-refractivity contribution is -0.132. The molecule has 0 aliphatic carbocycles. The van der Waals surface area contributed by atoms with Gasteiger partial charge in [0.2, 0.25) is 11.8 Å². The zero-order chi connectivity index (χ0) is 19.4. The van der Waals surface area contributed by atoms with Gasteiger partial charge in [0.25, 0.3) is 0 Å². The van der Waals surface area contributed by atoms with Gasteiger partial charge in [0.1, 0.15) is 0 Å². The van der Waals surface area contributed by atoms with Crippen LogP contribution in [0.1, 0.15) is 11.3 Å². The number of carbonyl (C=O) groups is 2. The van der Waals surface area contributed by atoms with E-state index >= 15 is 0 Å². The molecular formula is C21H23N3O2S. The van der Waals surface area contributed by atoms with E-state index in [0.29, 0.717) is 0 Å². The second-order valence-electron chi connectivity index (χ2n) is 6.45. The number of anilines is 1. The molecule has 27 heavy (non-hydrogen) atoms. The number of likely N-dealkylation sites (N-methyl/N-ethyl adjacent to an activating group) is 1. The van der Waals surface area contributed by atoms with Crippen molar-refractivity contribution in [2.24, 2.45) is 0 Å². The minimum atomic E-state index is -0.206. The molecule has 5 nitrogen and oxygen atoms in total. The summed E-state index contributed by atoms with van der Waals surface area (Å²) >= 11 is 1.57. The van der Waals surface area contributed by atoms with Crippen LogP contribution in [0.25, 0.3) is 10.9 Å². The average Bonchev–Trinajstić information content (AvgIpc) is 2.97. The molecule has 0 atom stereocenters. The van der Waals surface area contributed by atoms with Crippen LogP contribution in [0.2, 0.25) is 0 Å². The maximum atomic E-state index is 12.6. The van der Waals surface area contributed by atoms with Crippen LogP contribution in [0, 0.1) is 6.92 Å². The Balaban J connectivity index is 1.65. The third-order valence-corrected chi connectivity index (χ3v) is 5.34. The van der Waals surface area contributed by atoms with E-state index in [-0.39, 0.29) is 24.8 Å². The number of aromatic amines is 1. The Morgan fingerprint density at radius 3 is 2.59 bits per heavy atom. The number of aryl methyl sites for hydroxylation is 1. The van der Waals surface area contributed by atoms with Gasteiger partial charge in [-0.3, -0.25) is 9.59 Å². The van der Waals surface area contributed by atoms with Gasteiger partial charge in [0, 0.05) is 28.5 Å². The number of carbonyl (C=O) groups excluding carboxylic acids is 2. The second-order valence-corrected chi connectivity index (χ2v) is 7.30. The number of rotatable bonds is 6. The quantitative estimate of drug-likeness (QED) is 0.638. The maximum absolute atomic E-state index is 12.6. The second kappa shape index (κ2) is 8.31. The van der Waals surface area contributed by atoms with Crippen LogP contribution in [-0.2, 0) is 16.0 Å². The molecule has 2 amide bonds. The molecule has 0 unspecified atom stereocenters. The molecule has 0 aliphatic heterocycles. The molecule has 0 fully saturated rings. The smallest absolute Gasteiger partial charge is 0.244 e. The fourth-order valence-electron chi connectivity index (χ4n) is 3.09. The number of aromatic nitrogens is 1. The summed E-state index contributed by atoms with van der Waals surface area (Å²) in [6.45, 7) is 1.98. The molecule has 2 aromatic carbocycles. The van der Waals surface area contributed by atoms with E-state index in [1.807, 2.05) is 61.7 Å². The number of hydrogen-bond donors (Lipinski definition) is 2. The Hall–Kier alpha value is -2.73. The maximum Gasteiger partial charge on any atom is 0.244 e. The minimum Gasteiger partial charge on any atom is -0.358 e. The zero-order valence-electron chi connectivity index (χ0n) is 15.7. The number of thioether (sulfide) groups is 1. The summed E-state index contributed by atoms with van der Waals surface area (Å²) in [7, 11) is 1.66. The summed E-state index contributed by atoms with van der Waals surface area (Å²) < 4.78 is 0. The summed E-state index contributed by atoms with van der Waals surface area (Å²) in [4.78, 5) is 30.8. The van der Waals surface area contributed by atoms with Gasteiger partial charge >= 0.3 is 0 Å². The normalized spacial score (nSPS) is 10.8. The largest absolute Gasteiger partial charge is 0.358 e. The third kappa shape index (κ3) is 4.34. The van der Waals surface area contributed by atoms with Crippen molar-refractivity contribution in [1.29, 1.82) is 0 Å². The van der Waals surface area contributed by atoms with Gasteiger partial charge in [0.15, 0.2) is 0 Å². The summed E-state index contributed by atoms with van der Waals surface area (Å²) in [5.74, 6) is -0.292. The van der Waals surface area contributed by atoms with E-state index < -0.39 is 0 Å². The topological polar surface area (TPSA) is 65.2 Å². The molecule has 2 N–H and O–H groups in total. The van der Waals surface area contributed by atoms with Gasteiger partial charge in [-0.05, 0) is 36.9 Å². The van der Waals surface area contributed by atoms with E-state index in [0.717, 1.165) is 32.7 Å². The van der Waals surface area contributed by atoms with Crippen molar-refractivity contribution in [2.45, 2.75) is 18.2 Å². The zero-order valence-corrected chi connectivity index (χ0v) is 16.5. The summed E-state index contributed by atoms with van der Waals surface area (Å²) in [5.41, 5.74) is 3.75. The highest BCUT2D eigenvalue weighted by Gasteiger charge is 2.17. The molecule has 0 spiro atoms. The first kappa shape index (κ1) is 19.0. The van der Waals surface area contributed by atoms with Crippen molar-refractivity contribution in [3.8, 4) is 0 Å². The molecule has 3 rings (SSSR count). The molecular weight excluding hydrogens is 358 g/mol. The number of nitrogens with zero attached hydrogens (tertiary/aromatic N) is 1. The fraction of sp³-hybridized carbons (Fsp3) is 0.238. The molecule has 0 radical (unpaired) electrons. The van der Waals surface area contributed by atoms with Gasteiger partial charge in [-0.1, -0.05) is 30.3 Å². The molecule has 1 aromatic heterocycles. The predicted octanol–water partition coefficient (Wildman–Crippen LogP) is 3.84. The van der Waals surface area contributed by atoms with Crippen LogP contribution >= 0.6 is 11.8 Å². The standard InChI is InChI=1S/C21H23N3O2S/c1-14-16(15-8-4-5-9-17(15)22-14)12-21(26)24(2)13-20(25)23-18-10-6-7-11-19(18)27-3/h4-11,22H,12-13H2,1-3H3,(H,23,25). The van der Waals surface area contributed by atoms with Crippen LogP contribution in [0.3, 0.4) is 0 Å². The molecule has 3 aromatic rings. The Kier molecular flexibility index (Phi) is 5.86. The first-order valence-corrected chi connectivity index (χ1v) is 9.95. The van der Waals surface area contributed by atoms with Gasteiger partial charge in [-0.15, -0.1) is 11.8 Å². The van der Waals surface area contributed by atoms with Crippen molar-refractivity contribution in [2.75, 3.05) is 25.2 Å². The van der Waals surface area contributed by atoms with Crippen LogP contribution in [0.5, 0.6) is 0 Å². The van der Waals surface area contributed by atoms with Crippen molar-refractivity contribution in [3.05, 3.63) is 59.8 Å². The summed E-state index contributed by atoms with van der Waals surface area (Å²) in [6, 6.07) is 15.6. The Morgan fingerprint density at radius 1 is 1.11 bits per heavy atom. The summed E-state index contributed by atoms with van der Waals surface area (Å²) in [6.07, 6.45) is 2.23. The molecule has 6 heteroatoms. The van der Waals surface area contributed by atoms with Gasteiger partial charge in [-0.25, -0.2) is 0 Å². The van der Waals surface area contributed by atoms with Crippen LogP contribution in [0.15, 0.2) is 53.4 Å². The van der Waals surface area contributed by atoms with Gasteiger partial charge in [-0.2, -0.15) is 0 Å². The monoisotopic (exact) mass is 381 g/mol. The van der Waals surface area contributed by atoms with Crippen LogP contribution < -0.4 is 5.32 Å². The molecule has 0 saturated carbocycles. The first-order chi connectivity index (χ1) is 13.0. The van der Waals surface area contributed by atoms with Crippen LogP contribution in [0.4, 0.5) is 5.69 Å². The lowest BCUT2D eigenvalue weighted by atomic mass is 10.1. The van der Waals surface area contributed by atoms with E-state index in [1.54, 1.807) is 18.8 Å². The number of hydrogen-bond acceptors (Lipinski definition) is 3. The lowest BCUT2D eigenvalue weighted by Crippen LogP contribution is -2.36. The molecule has 140 valence electrons.